The molecule has 2 aromatic heterocycles. The van der Waals surface area contributed by atoms with Crippen molar-refractivity contribution >= 4 is 46.2 Å². The number of nitrogens with one attached hydrogen (secondary N) is 2. The number of hydrogen-bond acceptors (Lipinski definition) is 9. The van der Waals surface area contributed by atoms with Crippen LogP contribution in [0.3, 0.4) is 0 Å². The number of amides is 3. The van der Waals surface area contributed by atoms with E-state index >= 15 is 0 Å². The minimum Gasteiger partial charge on any atom is -0.479 e. The van der Waals surface area contributed by atoms with Gasteiger partial charge in [-0.15, -0.1) is 11.3 Å². The molecule has 0 spiro atoms. The summed E-state index contributed by atoms with van der Waals surface area (Å²) >= 11 is 1.51. The molecule has 0 bridgehead atoms. The molecule has 7 rings (SSSR count). The van der Waals surface area contributed by atoms with Gasteiger partial charge in [0.2, 0.25) is 17.7 Å². The van der Waals surface area contributed by atoms with E-state index in [4.69, 9.17) is 19.4 Å². The van der Waals surface area contributed by atoms with Gasteiger partial charge >= 0.3 is 12.1 Å². The molecule has 3 amide bonds. The van der Waals surface area contributed by atoms with Gasteiger partial charge in [-0.05, 0) is 93.5 Å². The Bertz CT molecular complexity index is 2050. The molecule has 3 N–H and O–H groups in total. The van der Waals surface area contributed by atoms with Crippen LogP contribution in [0.25, 0.3) is 21.6 Å². The Labute approximate surface area is 331 Å². The Kier molecular flexibility index (Phi) is 11.6. The molecule has 2 saturated heterocycles. The number of aryl methyl sites for hydroxylation is 2. The van der Waals surface area contributed by atoms with Gasteiger partial charge in [0.25, 0.3) is 0 Å². The van der Waals surface area contributed by atoms with Crippen LogP contribution in [0.2, 0.25) is 0 Å². The lowest BCUT2D eigenvalue weighted by Gasteiger charge is -2.30. The number of carboxylic acids is 1. The summed E-state index contributed by atoms with van der Waals surface area (Å²) in [6, 6.07) is 18.3. The van der Waals surface area contributed by atoms with E-state index in [2.05, 4.69) is 28.8 Å². The third-order valence-corrected chi connectivity index (χ3v) is 11.9. The van der Waals surface area contributed by atoms with Crippen LogP contribution < -0.4 is 15.4 Å². The van der Waals surface area contributed by atoms with Crippen molar-refractivity contribution in [3.05, 3.63) is 77.2 Å². The van der Waals surface area contributed by atoms with E-state index < -0.39 is 53.2 Å². The fourth-order valence-electron chi connectivity index (χ4n) is 7.99. The molecule has 4 heterocycles. The fourth-order valence-corrected chi connectivity index (χ4v) is 8.69. The smallest absolute Gasteiger partial charge is 0.408 e. The standard InChI is InChI=1S/C43H51N5O7S/c1-42(2,3)55-41(53)46-32-16-11-6-4-5-10-15-29-25-43(29,40(51)52)47-37(49)34-24-30(26-48(34)39(32)50)54-38-36(35-17-12-22-56-35)44-33-23-28(20-21-31(33)45-38)19-18-27-13-8-7-9-14-27/h7-9,12-14,17,20-23,29-30,32,34H,4-6,10-11,15-16,18-19,24-26H2,1-3H3,(H,46,53)(H,47,49)(H,51,52)/t29?,30-,32+,34+,43?/m1/s1. The maximum atomic E-state index is 14.5. The molecule has 3 aliphatic rings. The second-order valence-electron chi connectivity index (χ2n) is 16.4. The number of nitrogens with zero attached hydrogens (tertiary/aromatic N) is 3. The maximum absolute atomic E-state index is 14.5. The highest BCUT2D eigenvalue weighted by Crippen LogP contribution is 2.47. The summed E-state index contributed by atoms with van der Waals surface area (Å²) < 4.78 is 12.2. The Morgan fingerprint density at radius 3 is 2.43 bits per heavy atom. The van der Waals surface area contributed by atoms with Crippen LogP contribution in [-0.2, 0) is 32.0 Å². The topological polar surface area (TPSA) is 160 Å². The lowest BCUT2D eigenvalue weighted by molar-refractivity contribution is -0.146. The molecule has 1 saturated carbocycles. The third-order valence-electron chi connectivity index (χ3n) is 11.0. The highest BCUT2D eigenvalue weighted by atomic mass is 32.1. The predicted octanol–water partition coefficient (Wildman–Crippen LogP) is 7.09. The molecular formula is C43H51N5O7S. The Balaban J connectivity index is 1.18. The summed E-state index contributed by atoms with van der Waals surface area (Å²) in [6.07, 6.45) is 6.09. The predicted molar refractivity (Wildman–Crippen MR) is 213 cm³/mol. The number of carbonyl (C=O) groups excluding carboxylic acids is 3. The second-order valence-corrected chi connectivity index (χ2v) is 17.3. The summed E-state index contributed by atoms with van der Waals surface area (Å²) in [7, 11) is 0. The molecular weight excluding hydrogens is 731 g/mol. The summed E-state index contributed by atoms with van der Waals surface area (Å²) in [5, 5.41) is 17.9. The van der Waals surface area contributed by atoms with Gasteiger partial charge in [0, 0.05) is 6.42 Å². The average Bonchev–Trinajstić information content (AvgIpc) is 3.45. The Hall–Kier alpha value is -5.04. The van der Waals surface area contributed by atoms with Crippen molar-refractivity contribution in [3.63, 3.8) is 0 Å². The first-order valence-electron chi connectivity index (χ1n) is 19.8. The quantitative estimate of drug-likeness (QED) is 0.170. The molecule has 13 heteroatoms. The first-order chi connectivity index (χ1) is 26.9. The van der Waals surface area contributed by atoms with E-state index in [1.807, 2.05) is 47.8 Å². The summed E-state index contributed by atoms with van der Waals surface area (Å²) in [5.74, 6) is -1.95. The molecule has 2 unspecified atom stereocenters. The van der Waals surface area contributed by atoms with Crippen molar-refractivity contribution in [1.82, 2.24) is 25.5 Å². The van der Waals surface area contributed by atoms with Crippen molar-refractivity contribution in [2.45, 2.75) is 121 Å². The van der Waals surface area contributed by atoms with E-state index in [1.165, 1.54) is 21.8 Å². The number of ether oxygens (including phenoxy) is 2. The van der Waals surface area contributed by atoms with E-state index in [9.17, 15) is 24.3 Å². The number of carboxylic acid groups (broad SMARTS) is 1. The van der Waals surface area contributed by atoms with Crippen molar-refractivity contribution in [3.8, 4) is 16.5 Å². The van der Waals surface area contributed by atoms with E-state index in [0.29, 0.717) is 36.9 Å². The summed E-state index contributed by atoms with van der Waals surface area (Å²) in [4.78, 5) is 66.6. The van der Waals surface area contributed by atoms with Crippen LogP contribution in [0.15, 0.2) is 66.0 Å². The van der Waals surface area contributed by atoms with Gasteiger partial charge in [0.1, 0.15) is 35.0 Å². The van der Waals surface area contributed by atoms with Crippen LogP contribution >= 0.6 is 11.3 Å². The number of aliphatic carboxylic acids is 1. The number of rotatable bonds is 8. The zero-order valence-corrected chi connectivity index (χ0v) is 33.1. The highest BCUT2D eigenvalue weighted by Gasteiger charge is 2.62. The largest absolute Gasteiger partial charge is 0.479 e. The Morgan fingerprint density at radius 2 is 1.70 bits per heavy atom. The lowest BCUT2D eigenvalue weighted by Crippen LogP contribution is -2.56. The molecule has 3 fully saturated rings. The number of benzene rings is 2. The van der Waals surface area contributed by atoms with Crippen molar-refractivity contribution in [1.29, 1.82) is 0 Å². The number of hydrogen-bond donors (Lipinski definition) is 3. The molecule has 56 heavy (non-hydrogen) atoms. The molecule has 0 radical (unpaired) electrons. The van der Waals surface area contributed by atoms with Crippen LogP contribution in [0.5, 0.6) is 5.88 Å². The minimum atomic E-state index is -1.37. The van der Waals surface area contributed by atoms with Crippen molar-refractivity contribution in [2.75, 3.05) is 6.54 Å². The van der Waals surface area contributed by atoms with E-state index in [-0.39, 0.29) is 24.8 Å². The van der Waals surface area contributed by atoms with Crippen LogP contribution in [0, 0.1) is 5.92 Å². The van der Waals surface area contributed by atoms with E-state index in [1.54, 1.807) is 20.8 Å². The number of aromatic nitrogens is 2. The van der Waals surface area contributed by atoms with Gasteiger partial charge in [-0.1, -0.05) is 74.6 Å². The monoisotopic (exact) mass is 781 g/mol. The van der Waals surface area contributed by atoms with Crippen LogP contribution in [-0.4, -0.2) is 79.7 Å². The molecule has 2 aromatic carbocycles. The minimum absolute atomic E-state index is 0.0228. The van der Waals surface area contributed by atoms with Crippen LogP contribution in [0.1, 0.15) is 89.7 Å². The second kappa shape index (κ2) is 16.6. The average molecular weight is 782 g/mol. The molecule has 2 aliphatic heterocycles. The van der Waals surface area contributed by atoms with Gasteiger partial charge in [0.05, 0.1) is 22.5 Å². The van der Waals surface area contributed by atoms with Gasteiger partial charge in [-0.3, -0.25) is 9.59 Å². The number of carbonyl (C=O) groups is 4. The molecule has 4 aromatic rings. The van der Waals surface area contributed by atoms with Gasteiger partial charge in [-0.2, -0.15) is 0 Å². The zero-order chi connectivity index (χ0) is 39.5. The van der Waals surface area contributed by atoms with E-state index in [0.717, 1.165) is 54.5 Å². The lowest BCUT2D eigenvalue weighted by atomic mass is 10.0. The summed E-state index contributed by atoms with van der Waals surface area (Å²) in [6.45, 7) is 5.28. The van der Waals surface area contributed by atoms with Gasteiger partial charge in [-0.25, -0.2) is 19.6 Å². The van der Waals surface area contributed by atoms with Crippen molar-refractivity contribution in [2.24, 2.45) is 5.92 Å². The Morgan fingerprint density at radius 1 is 0.946 bits per heavy atom. The van der Waals surface area contributed by atoms with Crippen LogP contribution in [0.4, 0.5) is 4.79 Å². The van der Waals surface area contributed by atoms with Gasteiger partial charge < -0.3 is 30.1 Å². The molecule has 1 aliphatic carbocycles. The normalized spacial score (nSPS) is 24.6. The number of alkyl carbamates (subject to hydrolysis) is 1. The first-order valence-corrected chi connectivity index (χ1v) is 20.7. The SMILES string of the molecule is CC(C)(C)OC(=O)N[C@H]1CCCCCCCC2CC2(C(=O)O)NC(=O)[C@@H]2C[C@@H](Oc3nc4ccc(CCc5ccccc5)cc4nc3-c3cccs3)CN2C1=O. The van der Waals surface area contributed by atoms with Crippen molar-refractivity contribution < 1.29 is 33.8 Å². The number of fused-ring (bicyclic) bond motifs is 3. The summed E-state index contributed by atoms with van der Waals surface area (Å²) in [5.41, 5.74) is 2.19. The molecule has 12 nitrogen and oxygen atoms in total. The van der Waals surface area contributed by atoms with Gasteiger partial charge in [0.15, 0.2) is 0 Å². The number of thiophene rings is 1. The zero-order valence-electron chi connectivity index (χ0n) is 32.3. The molecule has 5 atom stereocenters. The molecule has 296 valence electrons. The highest BCUT2D eigenvalue weighted by molar-refractivity contribution is 7.13. The fraction of sp³-hybridized carbons (Fsp3) is 0.488. The first kappa shape index (κ1) is 39.2. The third kappa shape index (κ3) is 9.15. The maximum Gasteiger partial charge on any atom is 0.408 e.